The van der Waals surface area contributed by atoms with E-state index in [2.05, 4.69) is 15.5 Å². The second kappa shape index (κ2) is 8.87. The normalized spacial score (nSPS) is 10.5. The van der Waals surface area contributed by atoms with Gasteiger partial charge in [0.15, 0.2) is 6.61 Å². The van der Waals surface area contributed by atoms with Crippen LogP contribution in [0.2, 0.25) is 0 Å². The molecule has 1 N–H and O–H groups in total. The Kier molecular flexibility index (Phi) is 5.66. The van der Waals surface area contributed by atoms with E-state index in [1.54, 1.807) is 30.3 Å². The zero-order valence-corrected chi connectivity index (χ0v) is 16.1. The predicted molar refractivity (Wildman–Crippen MR) is 112 cm³/mol. The van der Waals surface area contributed by atoms with Crippen molar-refractivity contribution in [1.82, 2.24) is 10.2 Å². The molecule has 1 aromatic heterocycles. The van der Waals surface area contributed by atoms with Crippen molar-refractivity contribution in [3.05, 3.63) is 89.0 Å². The molecule has 3 aromatic carbocycles. The summed E-state index contributed by atoms with van der Waals surface area (Å²) in [5.74, 6) is 0.831. The highest BCUT2D eigenvalue weighted by atomic mass is 16.6. The summed E-state index contributed by atoms with van der Waals surface area (Å²) in [7, 11) is 0. The highest BCUT2D eigenvalue weighted by Crippen LogP contribution is 2.25. The number of hydrogen-bond donors (Lipinski definition) is 1. The van der Waals surface area contributed by atoms with E-state index in [-0.39, 0.29) is 12.3 Å². The Morgan fingerprint density at radius 2 is 1.61 bits per heavy atom. The van der Waals surface area contributed by atoms with Gasteiger partial charge < -0.3 is 14.5 Å². The number of aromatic nitrogens is 2. The number of carbonyl (C=O) groups is 1. The van der Waals surface area contributed by atoms with E-state index >= 15 is 0 Å². The Bertz CT molecular complexity index is 1210. The first kappa shape index (κ1) is 19.8. The summed E-state index contributed by atoms with van der Waals surface area (Å²) in [6.45, 7) is -0.249. The number of nitrogens with zero attached hydrogens (tertiary/aromatic N) is 3. The van der Waals surface area contributed by atoms with E-state index in [0.29, 0.717) is 28.8 Å². The standard InChI is InChI=1S/C22H16N4O5/c27-20(23-17-7-4-8-18(13-17)26(28)29)14-30-19-11-9-16(10-12-19)22-25-24-21(31-22)15-5-2-1-3-6-15/h1-13H,14H2,(H,23,27). The zero-order chi connectivity index (χ0) is 21.6. The molecule has 0 saturated heterocycles. The molecule has 31 heavy (non-hydrogen) atoms. The molecule has 154 valence electrons. The fourth-order valence-corrected chi connectivity index (χ4v) is 2.77. The first-order valence-corrected chi connectivity index (χ1v) is 9.25. The van der Waals surface area contributed by atoms with Gasteiger partial charge in [-0.1, -0.05) is 24.3 Å². The molecular weight excluding hydrogens is 400 g/mol. The molecule has 0 unspecified atom stereocenters. The minimum Gasteiger partial charge on any atom is -0.484 e. The number of nitrogens with one attached hydrogen (secondary N) is 1. The number of nitro groups is 1. The van der Waals surface area contributed by atoms with E-state index < -0.39 is 10.8 Å². The first-order chi connectivity index (χ1) is 15.1. The predicted octanol–water partition coefficient (Wildman–Crippen LogP) is 4.33. The molecule has 9 nitrogen and oxygen atoms in total. The van der Waals surface area contributed by atoms with Crippen molar-refractivity contribution >= 4 is 17.3 Å². The van der Waals surface area contributed by atoms with E-state index in [4.69, 9.17) is 9.15 Å². The van der Waals surface area contributed by atoms with Gasteiger partial charge in [-0.25, -0.2) is 0 Å². The van der Waals surface area contributed by atoms with Crippen LogP contribution in [0.3, 0.4) is 0 Å². The Morgan fingerprint density at radius 1 is 0.935 bits per heavy atom. The number of carbonyl (C=O) groups excluding carboxylic acids is 1. The highest BCUT2D eigenvalue weighted by Gasteiger charge is 2.11. The van der Waals surface area contributed by atoms with Crippen molar-refractivity contribution in [3.8, 4) is 28.7 Å². The molecule has 4 aromatic rings. The van der Waals surface area contributed by atoms with Gasteiger partial charge in [-0.2, -0.15) is 0 Å². The number of anilines is 1. The quantitative estimate of drug-likeness (QED) is 0.352. The molecule has 0 radical (unpaired) electrons. The zero-order valence-electron chi connectivity index (χ0n) is 16.1. The number of amides is 1. The van der Waals surface area contributed by atoms with Crippen molar-refractivity contribution in [2.45, 2.75) is 0 Å². The molecule has 0 spiro atoms. The summed E-state index contributed by atoms with van der Waals surface area (Å²) in [5, 5.41) is 21.5. The Balaban J connectivity index is 1.35. The van der Waals surface area contributed by atoms with Crippen LogP contribution < -0.4 is 10.1 Å². The van der Waals surface area contributed by atoms with E-state index in [0.717, 1.165) is 5.56 Å². The van der Waals surface area contributed by atoms with E-state index in [9.17, 15) is 14.9 Å². The van der Waals surface area contributed by atoms with Gasteiger partial charge in [0, 0.05) is 28.9 Å². The summed E-state index contributed by atoms with van der Waals surface area (Å²) < 4.78 is 11.2. The van der Waals surface area contributed by atoms with Crippen LogP contribution in [0.25, 0.3) is 22.9 Å². The lowest BCUT2D eigenvalue weighted by Crippen LogP contribution is -2.20. The molecule has 4 rings (SSSR count). The molecule has 0 saturated carbocycles. The summed E-state index contributed by atoms with van der Waals surface area (Å²) in [6, 6.07) is 22.0. The van der Waals surface area contributed by atoms with Crippen molar-refractivity contribution in [1.29, 1.82) is 0 Å². The van der Waals surface area contributed by atoms with Gasteiger partial charge in [0.1, 0.15) is 5.75 Å². The molecule has 0 atom stereocenters. The Morgan fingerprint density at radius 3 is 2.29 bits per heavy atom. The molecule has 0 aliphatic carbocycles. The first-order valence-electron chi connectivity index (χ1n) is 9.25. The maximum absolute atomic E-state index is 12.1. The third kappa shape index (κ3) is 4.91. The monoisotopic (exact) mass is 416 g/mol. The third-order valence-electron chi connectivity index (χ3n) is 4.26. The van der Waals surface area contributed by atoms with Crippen molar-refractivity contribution < 1.29 is 18.9 Å². The average molecular weight is 416 g/mol. The molecule has 0 aliphatic rings. The van der Waals surface area contributed by atoms with Crippen molar-refractivity contribution in [2.75, 3.05) is 11.9 Å². The number of hydrogen-bond acceptors (Lipinski definition) is 7. The van der Waals surface area contributed by atoms with Crippen LogP contribution in [0.1, 0.15) is 0 Å². The molecule has 0 fully saturated rings. The third-order valence-corrected chi connectivity index (χ3v) is 4.26. The molecule has 0 bridgehead atoms. The summed E-state index contributed by atoms with van der Waals surface area (Å²) >= 11 is 0. The van der Waals surface area contributed by atoms with Crippen molar-refractivity contribution in [2.24, 2.45) is 0 Å². The van der Waals surface area contributed by atoms with Crippen molar-refractivity contribution in [3.63, 3.8) is 0 Å². The summed E-state index contributed by atoms with van der Waals surface area (Å²) in [5.41, 5.74) is 1.76. The SMILES string of the molecule is O=C(COc1ccc(-c2nnc(-c3ccccc3)o2)cc1)Nc1cccc([N+](=O)[O-])c1. The number of ether oxygens (including phenoxy) is 1. The van der Waals surface area contributed by atoms with Crippen LogP contribution in [-0.4, -0.2) is 27.6 Å². The highest BCUT2D eigenvalue weighted by molar-refractivity contribution is 5.92. The van der Waals surface area contributed by atoms with Gasteiger partial charge in [-0.05, 0) is 42.5 Å². The Hall–Kier alpha value is -4.53. The van der Waals surface area contributed by atoms with Gasteiger partial charge in [0.2, 0.25) is 11.8 Å². The fourth-order valence-electron chi connectivity index (χ4n) is 2.77. The molecule has 1 heterocycles. The van der Waals surface area contributed by atoms with E-state index in [1.165, 1.54) is 18.2 Å². The number of nitro benzene ring substituents is 1. The number of non-ortho nitro benzene ring substituents is 1. The molecule has 0 aliphatic heterocycles. The van der Waals surface area contributed by atoms with Gasteiger partial charge in [0.05, 0.1) is 4.92 Å². The van der Waals surface area contributed by atoms with Crippen LogP contribution in [0.5, 0.6) is 5.75 Å². The maximum atomic E-state index is 12.1. The molecule has 1 amide bonds. The average Bonchev–Trinajstić information content (AvgIpc) is 3.29. The second-order valence-electron chi connectivity index (χ2n) is 6.45. The number of benzene rings is 3. The van der Waals surface area contributed by atoms with Crippen LogP contribution in [0.4, 0.5) is 11.4 Å². The lowest BCUT2D eigenvalue weighted by Gasteiger charge is -2.07. The minimum atomic E-state index is -0.528. The van der Waals surface area contributed by atoms with E-state index in [1.807, 2.05) is 30.3 Å². The van der Waals surface area contributed by atoms with Crippen LogP contribution in [0.15, 0.2) is 83.3 Å². The Labute approximate surface area is 176 Å². The largest absolute Gasteiger partial charge is 0.484 e. The second-order valence-corrected chi connectivity index (χ2v) is 6.45. The van der Waals surface area contributed by atoms with Gasteiger partial charge in [0.25, 0.3) is 11.6 Å². The van der Waals surface area contributed by atoms with Crippen LogP contribution >= 0.6 is 0 Å². The van der Waals surface area contributed by atoms with Crippen LogP contribution in [0, 0.1) is 10.1 Å². The maximum Gasteiger partial charge on any atom is 0.271 e. The smallest absolute Gasteiger partial charge is 0.271 e. The van der Waals surface area contributed by atoms with Gasteiger partial charge in [-0.3, -0.25) is 14.9 Å². The topological polar surface area (TPSA) is 120 Å². The van der Waals surface area contributed by atoms with Gasteiger partial charge >= 0.3 is 0 Å². The number of rotatable bonds is 7. The molecule has 9 heteroatoms. The fraction of sp³-hybridized carbons (Fsp3) is 0.0455. The lowest BCUT2D eigenvalue weighted by atomic mass is 10.2. The minimum absolute atomic E-state index is 0.106. The van der Waals surface area contributed by atoms with Gasteiger partial charge in [-0.15, -0.1) is 10.2 Å². The lowest BCUT2D eigenvalue weighted by molar-refractivity contribution is -0.384. The summed E-state index contributed by atoms with van der Waals surface area (Å²) in [4.78, 5) is 22.3. The summed E-state index contributed by atoms with van der Waals surface area (Å²) in [6.07, 6.45) is 0. The molecular formula is C22H16N4O5. The van der Waals surface area contributed by atoms with Crippen LogP contribution in [-0.2, 0) is 4.79 Å².